The fraction of sp³-hybridized carbons (Fsp3) is 0.321. The van der Waals surface area contributed by atoms with Crippen molar-refractivity contribution in [3.8, 4) is 5.75 Å². The molecule has 3 aromatic rings. The summed E-state index contributed by atoms with van der Waals surface area (Å²) >= 11 is 0. The first-order valence-corrected chi connectivity index (χ1v) is 12.1. The molecule has 188 valence electrons. The van der Waals surface area contributed by atoms with E-state index in [1.165, 1.54) is 0 Å². The summed E-state index contributed by atoms with van der Waals surface area (Å²) in [7, 11) is 1.54. The predicted molar refractivity (Wildman–Crippen MR) is 135 cm³/mol. The Morgan fingerprint density at radius 3 is 2.53 bits per heavy atom. The van der Waals surface area contributed by atoms with Gasteiger partial charge in [-0.05, 0) is 62.1 Å². The van der Waals surface area contributed by atoms with Crippen LogP contribution in [0.1, 0.15) is 44.9 Å². The molecule has 1 saturated heterocycles. The highest BCUT2D eigenvalue weighted by atomic mass is 16.5. The molecule has 0 spiro atoms. The molecule has 0 bridgehead atoms. The number of hydrogen-bond acceptors (Lipinski definition) is 5. The van der Waals surface area contributed by atoms with Crippen molar-refractivity contribution in [2.75, 3.05) is 20.2 Å². The van der Waals surface area contributed by atoms with Crippen LogP contribution in [-0.4, -0.2) is 48.9 Å². The summed E-state index contributed by atoms with van der Waals surface area (Å²) in [5, 5.41) is 5.83. The Morgan fingerprint density at radius 2 is 1.83 bits per heavy atom. The molecule has 1 fully saturated rings. The Balaban J connectivity index is 1.45. The van der Waals surface area contributed by atoms with Gasteiger partial charge in [0.15, 0.2) is 0 Å². The quantitative estimate of drug-likeness (QED) is 0.504. The van der Waals surface area contributed by atoms with Gasteiger partial charge >= 0.3 is 0 Å². The van der Waals surface area contributed by atoms with Crippen molar-refractivity contribution in [1.29, 1.82) is 0 Å². The molecule has 1 aliphatic rings. The Bertz CT molecular complexity index is 1200. The largest absolute Gasteiger partial charge is 0.496 e. The van der Waals surface area contributed by atoms with Crippen molar-refractivity contribution in [2.24, 2.45) is 5.92 Å². The van der Waals surface area contributed by atoms with E-state index in [-0.39, 0.29) is 30.2 Å². The van der Waals surface area contributed by atoms with Crippen molar-refractivity contribution in [1.82, 2.24) is 15.5 Å². The fourth-order valence-electron chi connectivity index (χ4n) is 4.53. The number of methoxy groups -OCH3 is 1. The molecule has 2 N–H and O–H groups in total. The molecule has 0 radical (unpaired) electrons. The number of likely N-dealkylation sites (tertiary alicyclic amines) is 1. The topological polar surface area (TPSA) is 101 Å². The van der Waals surface area contributed by atoms with Crippen LogP contribution in [0.15, 0.2) is 71.3 Å². The summed E-state index contributed by atoms with van der Waals surface area (Å²) < 4.78 is 10.7. The molecule has 1 aromatic heterocycles. The summed E-state index contributed by atoms with van der Waals surface area (Å²) in [4.78, 5) is 41.1. The van der Waals surface area contributed by atoms with E-state index in [1.807, 2.05) is 31.2 Å². The smallest absolute Gasteiger partial charge is 0.257 e. The molecule has 0 saturated carbocycles. The van der Waals surface area contributed by atoms with E-state index in [9.17, 15) is 14.4 Å². The summed E-state index contributed by atoms with van der Waals surface area (Å²) in [6, 6.07) is 17.2. The second-order valence-electron chi connectivity index (χ2n) is 8.95. The van der Waals surface area contributed by atoms with Gasteiger partial charge in [0, 0.05) is 18.7 Å². The van der Waals surface area contributed by atoms with Crippen molar-refractivity contribution in [2.45, 2.75) is 32.4 Å². The van der Waals surface area contributed by atoms with E-state index in [0.717, 1.165) is 5.56 Å². The number of para-hydroxylation sites is 1. The van der Waals surface area contributed by atoms with Crippen LogP contribution in [0.2, 0.25) is 0 Å². The third kappa shape index (κ3) is 5.94. The molecule has 2 aromatic carbocycles. The van der Waals surface area contributed by atoms with E-state index in [0.29, 0.717) is 48.6 Å². The Morgan fingerprint density at radius 1 is 1.06 bits per heavy atom. The number of benzene rings is 2. The molecule has 0 aliphatic carbocycles. The molecule has 1 unspecified atom stereocenters. The van der Waals surface area contributed by atoms with Gasteiger partial charge in [-0.15, -0.1) is 0 Å². The number of carbonyl (C=O) groups excluding carboxylic acids is 3. The molecule has 36 heavy (non-hydrogen) atoms. The van der Waals surface area contributed by atoms with Gasteiger partial charge in [0.2, 0.25) is 5.91 Å². The number of hydrogen-bond donors (Lipinski definition) is 2. The van der Waals surface area contributed by atoms with Gasteiger partial charge in [0.05, 0.1) is 25.5 Å². The lowest BCUT2D eigenvalue weighted by Crippen LogP contribution is -2.53. The second kappa shape index (κ2) is 11.6. The maximum absolute atomic E-state index is 13.2. The molecular weight excluding hydrogens is 458 g/mol. The maximum atomic E-state index is 13.2. The molecule has 4 rings (SSSR count). The number of carbonyl (C=O) groups is 3. The second-order valence-corrected chi connectivity index (χ2v) is 8.95. The molecule has 8 heteroatoms. The van der Waals surface area contributed by atoms with Crippen LogP contribution >= 0.6 is 0 Å². The van der Waals surface area contributed by atoms with Crippen molar-refractivity contribution >= 4 is 17.7 Å². The van der Waals surface area contributed by atoms with Gasteiger partial charge in [0.25, 0.3) is 11.8 Å². The number of nitrogens with zero attached hydrogens (tertiary/aromatic N) is 1. The van der Waals surface area contributed by atoms with Crippen LogP contribution < -0.4 is 15.4 Å². The molecule has 2 heterocycles. The molecule has 8 nitrogen and oxygen atoms in total. The van der Waals surface area contributed by atoms with Gasteiger partial charge in [-0.25, -0.2) is 0 Å². The van der Waals surface area contributed by atoms with Crippen molar-refractivity contribution in [3.05, 3.63) is 89.4 Å². The van der Waals surface area contributed by atoms with Crippen LogP contribution in [0.25, 0.3) is 0 Å². The zero-order valence-corrected chi connectivity index (χ0v) is 20.5. The zero-order chi connectivity index (χ0) is 25.5. The van der Waals surface area contributed by atoms with Gasteiger partial charge in [-0.2, -0.15) is 0 Å². The highest BCUT2D eigenvalue weighted by molar-refractivity contribution is 5.98. The molecular formula is C28H31N3O5. The van der Waals surface area contributed by atoms with Crippen LogP contribution in [0, 0.1) is 12.8 Å². The lowest BCUT2D eigenvalue weighted by Gasteiger charge is -2.36. The Kier molecular flexibility index (Phi) is 8.05. The van der Waals surface area contributed by atoms with Gasteiger partial charge in [-0.1, -0.05) is 29.8 Å². The summed E-state index contributed by atoms with van der Waals surface area (Å²) in [5.41, 5.74) is 1.98. The number of nitrogens with one attached hydrogen (secondary N) is 2. The van der Waals surface area contributed by atoms with Crippen molar-refractivity contribution in [3.63, 3.8) is 0 Å². The van der Waals surface area contributed by atoms with Crippen LogP contribution in [-0.2, 0) is 11.3 Å². The standard InChI is InChI=1S/C28H31N3O5/c1-19-7-5-8-21(17-19)26(32)30-25(27(33)29-18-22-9-6-16-36-22)20-12-14-31(15-13-20)28(34)23-10-3-4-11-24(23)35-2/h3-11,16-17,20,25H,12-15,18H2,1-2H3,(H,29,33)(H,30,32). The van der Waals surface area contributed by atoms with E-state index in [4.69, 9.17) is 9.15 Å². The average Bonchev–Trinajstić information content (AvgIpc) is 3.44. The first-order valence-electron chi connectivity index (χ1n) is 12.1. The van der Waals surface area contributed by atoms with Gasteiger partial charge in [0.1, 0.15) is 17.6 Å². The number of piperidine rings is 1. The van der Waals surface area contributed by atoms with Crippen LogP contribution in [0.4, 0.5) is 0 Å². The van der Waals surface area contributed by atoms with Gasteiger partial charge in [-0.3, -0.25) is 14.4 Å². The SMILES string of the molecule is COc1ccccc1C(=O)N1CCC(C(NC(=O)c2cccc(C)c2)C(=O)NCc2ccco2)CC1. The number of aryl methyl sites for hydroxylation is 1. The van der Waals surface area contributed by atoms with Gasteiger partial charge < -0.3 is 24.7 Å². The van der Waals surface area contributed by atoms with Crippen LogP contribution in [0.3, 0.4) is 0 Å². The normalized spacial score (nSPS) is 14.7. The third-order valence-electron chi connectivity index (χ3n) is 6.50. The summed E-state index contributed by atoms with van der Waals surface area (Å²) in [5.74, 6) is 0.353. The zero-order valence-electron chi connectivity index (χ0n) is 20.5. The molecule has 1 atom stereocenters. The fourth-order valence-corrected chi connectivity index (χ4v) is 4.53. The number of rotatable bonds is 8. The van der Waals surface area contributed by atoms with E-state index in [1.54, 1.807) is 54.7 Å². The Hall–Kier alpha value is -4.07. The first kappa shape index (κ1) is 25.0. The van der Waals surface area contributed by atoms with Crippen LogP contribution in [0.5, 0.6) is 5.75 Å². The lowest BCUT2D eigenvalue weighted by atomic mass is 9.88. The van der Waals surface area contributed by atoms with E-state index in [2.05, 4.69) is 10.6 Å². The Labute approximate surface area is 210 Å². The highest BCUT2D eigenvalue weighted by Crippen LogP contribution is 2.26. The van der Waals surface area contributed by atoms with Crippen molar-refractivity contribution < 1.29 is 23.5 Å². The molecule has 3 amide bonds. The number of ether oxygens (including phenoxy) is 1. The first-order chi connectivity index (χ1) is 17.5. The summed E-state index contributed by atoms with van der Waals surface area (Å²) in [6.45, 7) is 3.10. The number of amides is 3. The summed E-state index contributed by atoms with van der Waals surface area (Å²) in [6.07, 6.45) is 2.70. The number of furan rings is 1. The third-order valence-corrected chi connectivity index (χ3v) is 6.50. The maximum Gasteiger partial charge on any atom is 0.257 e. The predicted octanol–water partition coefficient (Wildman–Crippen LogP) is 3.56. The minimum atomic E-state index is -0.739. The lowest BCUT2D eigenvalue weighted by molar-refractivity contribution is -0.124. The monoisotopic (exact) mass is 489 g/mol. The van der Waals surface area contributed by atoms with E-state index < -0.39 is 6.04 Å². The molecule has 1 aliphatic heterocycles. The minimum absolute atomic E-state index is 0.103. The average molecular weight is 490 g/mol. The minimum Gasteiger partial charge on any atom is -0.496 e. The van der Waals surface area contributed by atoms with E-state index >= 15 is 0 Å². The highest BCUT2D eigenvalue weighted by Gasteiger charge is 2.34.